The highest BCUT2D eigenvalue weighted by molar-refractivity contribution is 7.17. The van der Waals surface area contributed by atoms with Crippen molar-refractivity contribution in [2.24, 2.45) is 11.7 Å². The number of thiophene rings is 1. The molecule has 4 nitrogen and oxygen atoms in total. The Kier molecular flexibility index (Phi) is 10.1. The molecule has 30 heavy (non-hydrogen) atoms. The molecule has 6 heteroatoms. The summed E-state index contributed by atoms with van der Waals surface area (Å²) >= 11 is 1.58. The Bertz CT molecular complexity index is 1020. The fourth-order valence-electron chi connectivity index (χ4n) is 3.14. The van der Waals surface area contributed by atoms with E-state index in [-0.39, 0.29) is 13.0 Å². The van der Waals surface area contributed by atoms with E-state index >= 15 is 0 Å². The molecule has 0 fully saturated rings. The number of hydrogen-bond acceptors (Lipinski definition) is 4. The fourth-order valence-corrected chi connectivity index (χ4v) is 4.00. The molecule has 3 rings (SSSR count). The highest BCUT2D eigenvalue weighted by atomic mass is 32.1. The third-order valence-electron chi connectivity index (χ3n) is 4.85. The summed E-state index contributed by atoms with van der Waals surface area (Å²) in [6.45, 7) is 6.29. The maximum atomic E-state index is 13.3. The number of hydrogen-bond donors (Lipinski definition) is 1. The van der Waals surface area contributed by atoms with Gasteiger partial charge < -0.3 is 5.73 Å². The lowest BCUT2D eigenvalue weighted by atomic mass is 9.97. The molecule has 0 spiro atoms. The number of amides is 1. The van der Waals surface area contributed by atoms with E-state index in [4.69, 9.17) is 11.0 Å². The van der Waals surface area contributed by atoms with E-state index in [1.54, 1.807) is 17.4 Å². The van der Waals surface area contributed by atoms with Gasteiger partial charge in [-0.15, -0.1) is 11.3 Å². The number of aryl methyl sites for hydroxylation is 2. The van der Waals surface area contributed by atoms with E-state index in [1.807, 2.05) is 30.5 Å². The monoisotopic (exact) mass is 427 g/mol. The highest BCUT2D eigenvalue weighted by Gasteiger charge is 2.09. The van der Waals surface area contributed by atoms with Crippen molar-refractivity contribution >= 4 is 27.5 Å². The highest BCUT2D eigenvalue weighted by Crippen LogP contribution is 2.24. The van der Waals surface area contributed by atoms with Crippen LogP contribution in [0.25, 0.3) is 10.2 Å². The van der Waals surface area contributed by atoms with Crippen LogP contribution in [-0.4, -0.2) is 10.9 Å². The second-order valence-electron chi connectivity index (χ2n) is 7.15. The molecule has 0 aliphatic heterocycles. The van der Waals surface area contributed by atoms with E-state index in [1.165, 1.54) is 25.1 Å². The van der Waals surface area contributed by atoms with Crippen LogP contribution in [-0.2, 0) is 6.42 Å². The van der Waals surface area contributed by atoms with Crippen molar-refractivity contribution < 1.29 is 9.18 Å². The van der Waals surface area contributed by atoms with Crippen molar-refractivity contribution in [2.45, 2.75) is 53.9 Å². The predicted octanol–water partition coefficient (Wildman–Crippen LogP) is 6.41. The van der Waals surface area contributed by atoms with Crippen LogP contribution >= 0.6 is 11.3 Å². The molecule has 1 aromatic carbocycles. The number of primary amides is 1. The third-order valence-corrected chi connectivity index (χ3v) is 5.87. The van der Waals surface area contributed by atoms with Crippen LogP contribution < -0.4 is 5.73 Å². The van der Waals surface area contributed by atoms with Gasteiger partial charge in [0.1, 0.15) is 11.9 Å². The second-order valence-corrected chi connectivity index (χ2v) is 8.07. The number of carbonyl (C=O) groups excluding carboxylic acids is 1. The maximum absolute atomic E-state index is 13.3. The Hall–Kier alpha value is -2.78. The van der Waals surface area contributed by atoms with Crippen molar-refractivity contribution in [2.75, 3.05) is 0 Å². The normalized spacial score (nSPS) is 11.0. The van der Waals surface area contributed by atoms with Gasteiger partial charge in [0.25, 0.3) is 5.91 Å². The van der Waals surface area contributed by atoms with Gasteiger partial charge in [0.15, 0.2) is 0 Å². The van der Waals surface area contributed by atoms with Gasteiger partial charge in [-0.3, -0.25) is 9.78 Å². The molecule has 0 bridgehead atoms. The minimum absolute atomic E-state index is 0. The summed E-state index contributed by atoms with van der Waals surface area (Å²) < 4.78 is 14.3. The molecule has 0 aliphatic carbocycles. The summed E-state index contributed by atoms with van der Waals surface area (Å²) in [5, 5.41) is 10.6. The minimum atomic E-state index is -0.416. The molecule has 160 valence electrons. The zero-order valence-corrected chi connectivity index (χ0v) is 17.9. The Morgan fingerprint density at radius 3 is 2.67 bits per heavy atom. The summed E-state index contributed by atoms with van der Waals surface area (Å²) in [6.07, 6.45) is 5.93. The van der Waals surface area contributed by atoms with E-state index in [2.05, 4.69) is 18.8 Å². The van der Waals surface area contributed by atoms with Crippen molar-refractivity contribution in [3.8, 4) is 6.07 Å². The molecule has 2 aromatic heterocycles. The van der Waals surface area contributed by atoms with Crippen LogP contribution in [0.4, 0.5) is 4.39 Å². The Morgan fingerprint density at radius 1 is 1.33 bits per heavy atom. The number of nitrogens with zero attached hydrogens (tertiary/aromatic N) is 2. The van der Waals surface area contributed by atoms with E-state index in [0.717, 1.165) is 34.2 Å². The Labute approximate surface area is 182 Å². The van der Waals surface area contributed by atoms with Gasteiger partial charge in [-0.25, -0.2) is 4.39 Å². The number of nitrogens with two attached hydrogens (primary N) is 1. The van der Waals surface area contributed by atoms with Crippen molar-refractivity contribution in [3.63, 3.8) is 0 Å². The molecule has 1 amide bonds. The molecule has 3 aromatic rings. The summed E-state index contributed by atoms with van der Waals surface area (Å²) in [7, 11) is 0. The van der Waals surface area contributed by atoms with Gasteiger partial charge in [0, 0.05) is 6.20 Å². The van der Waals surface area contributed by atoms with Crippen LogP contribution in [0.5, 0.6) is 0 Å². The lowest BCUT2D eigenvalue weighted by Gasteiger charge is -2.09. The van der Waals surface area contributed by atoms with Gasteiger partial charge in [0.05, 0.1) is 21.3 Å². The number of fused-ring (bicyclic) bond motifs is 1. The minimum Gasteiger partial charge on any atom is -0.366 e. The quantitative estimate of drug-likeness (QED) is 0.494. The van der Waals surface area contributed by atoms with Crippen LogP contribution in [0.3, 0.4) is 0 Å². The molecule has 2 heterocycles. The molecule has 0 saturated carbocycles. The lowest BCUT2D eigenvalue weighted by Crippen LogP contribution is -2.12. The van der Waals surface area contributed by atoms with Gasteiger partial charge >= 0.3 is 0 Å². The van der Waals surface area contributed by atoms with Crippen LogP contribution in [0.1, 0.15) is 67.6 Å². The number of nitriles is 1. The largest absolute Gasteiger partial charge is 0.366 e. The first-order valence-corrected chi connectivity index (χ1v) is 10.6. The zero-order chi connectivity index (χ0) is 21.4. The summed E-state index contributed by atoms with van der Waals surface area (Å²) in [5.41, 5.74) is 8.67. The average molecular weight is 428 g/mol. The standard InChI is InChI=1S/C14H18FN.C9H8N2OS.CH4/c1-3-4-11(2)5-6-12-7-8-13(10-16)14(15)9-12;1-5-6(9(10)12)4-11-7-2-3-13-8(5)7;/h7-9,11H,3-6H2,1-2H3;2-4H,1H3,(H2,10,12);1H4. The zero-order valence-electron chi connectivity index (χ0n) is 17.0. The Balaban J connectivity index is 0.000000295. The van der Waals surface area contributed by atoms with E-state index in [9.17, 15) is 9.18 Å². The van der Waals surface area contributed by atoms with Crippen LogP contribution in [0.2, 0.25) is 0 Å². The van der Waals surface area contributed by atoms with Crippen LogP contribution in [0.15, 0.2) is 35.8 Å². The number of halogens is 1. The first kappa shape index (κ1) is 25.3. The SMILES string of the molecule is C.CCCC(C)CCc1ccc(C#N)c(F)c1.Cc1c(C(N)=O)cnc2ccsc12. The number of pyridine rings is 1. The van der Waals surface area contributed by atoms with E-state index in [0.29, 0.717) is 11.5 Å². The molecular formula is C24H30FN3OS. The van der Waals surface area contributed by atoms with E-state index < -0.39 is 11.7 Å². The molecule has 0 saturated heterocycles. The number of rotatable bonds is 6. The summed E-state index contributed by atoms with van der Waals surface area (Å²) in [5.74, 6) is -0.132. The first-order chi connectivity index (χ1) is 13.9. The number of benzene rings is 1. The van der Waals surface area contributed by atoms with Gasteiger partial charge in [-0.05, 0) is 60.4 Å². The summed E-state index contributed by atoms with van der Waals surface area (Å²) in [4.78, 5) is 15.1. The van der Waals surface area contributed by atoms with Crippen molar-refractivity contribution in [1.29, 1.82) is 5.26 Å². The number of carbonyl (C=O) groups is 1. The average Bonchev–Trinajstić information content (AvgIpc) is 3.17. The topological polar surface area (TPSA) is 79.8 Å². The molecule has 2 N–H and O–H groups in total. The fraction of sp³-hybridized carbons (Fsp3) is 0.375. The van der Waals surface area contributed by atoms with Gasteiger partial charge in [-0.1, -0.05) is 40.2 Å². The van der Waals surface area contributed by atoms with Crippen molar-refractivity contribution in [1.82, 2.24) is 4.98 Å². The second kappa shape index (κ2) is 12.0. The molecule has 0 aliphatic rings. The maximum Gasteiger partial charge on any atom is 0.250 e. The predicted molar refractivity (Wildman–Crippen MR) is 123 cm³/mol. The Morgan fingerprint density at radius 2 is 2.07 bits per heavy atom. The van der Waals surface area contributed by atoms with Crippen molar-refractivity contribution in [3.05, 3.63) is 63.9 Å². The lowest BCUT2D eigenvalue weighted by molar-refractivity contribution is 0.0999. The van der Waals surface area contributed by atoms with Gasteiger partial charge in [0.2, 0.25) is 0 Å². The molecular weight excluding hydrogens is 397 g/mol. The first-order valence-electron chi connectivity index (χ1n) is 9.68. The van der Waals surface area contributed by atoms with Crippen LogP contribution in [0, 0.1) is 30.0 Å². The molecule has 1 unspecified atom stereocenters. The molecule has 1 atom stereocenters. The molecule has 0 radical (unpaired) electrons. The summed E-state index contributed by atoms with van der Waals surface area (Å²) in [6, 6.07) is 8.66. The third kappa shape index (κ3) is 6.64. The number of aromatic nitrogens is 1. The smallest absolute Gasteiger partial charge is 0.250 e. The van der Waals surface area contributed by atoms with Gasteiger partial charge in [-0.2, -0.15) is 5.26 Å².